The summed E-state index contributed by atoms with van der Waals surface area (Å²) < 4.78 is 0. The third kappa shape index (κ3) is 4.11. The standard InChI is InChI=1S/C17H22N4O2S/c1-20(2)14-10-21(11-14)9-12-3-5-13(6-4-12)16-18-7-15(24-16)8-19-17(22)23/h3-7,14,19H,8-11H2,1-2H3,(H,22,23). The molecule has 0 aliphatic carbocycles. The highest BCUT2D eigenvalue weighted by Crippen LogP contribution is 2.26. The van der Waals surface area contributed by atoms with Gasteiger partial charge < -0.3 is 15.3 Å². The number of likely N-dealkylation sites (tertiary alicyclic amines) is 1. The van der Waals surface area contributed by atoms with Gasteiger partial charge >= 0.3 is 6.09 Å². The zero-order chi connectivity index (χ0) is 17.1. The molecule has 0 atom stereocenters. The van der Waals surface area contributed by atoms with Gasteiger partial charge in [0, 0.05) is 42.3 Å². The fourth-order valence-corrected chi connectivity index (χ4v) is 3.55. The maximum absolute atomic E-state index is 10.5. The van der Waals surface area contributed by atoms with Crippen molar-refractivity contribution >= 4 is 17.4 Å². The zero-order valence-electron chi connectivity index (χ0n) is 13.9. The van der Waals surface area contributed by atoms with Gasteiger partial charge in [-0.05, 0) is 19.7 Å². The third-order valence-corrected chi connectivity index (χ3v) is 5.29. The van der Waals surface area contributed by atoms with Crippen LogP contribution in [-0.2, 0) is 13.1 Å². The lowest BCUT2D eigenvalue weighted by atomic mass is 10.1. The van der Waals surface area contributed by atoms with Crippen molar-refractivity contribution in [3.8, 4) is 10.6 Å². The number of hydrogen-bond acceptors (Lipinski definition) is 5. The quantitative estimate of drug-likeness (QED) is 0.840. The van der Waals surface area contributed by atoms with E-state index in [-0.39, 0.29) is 0 Å². The summed E-state index contributed by atoms with van der Waals surface area (Å²) in [7, 11) is 4.26. The molecule has 1 fully saturated rings. The van der Waals surface area contributed by atoms with E-state index in [1.807, 2.05) is 0 Å². The number of amides is 1. The summed E-state index contributed by atoms with van der Waals surface area (Å²) in [6, 6.07) is 9.15. The lowest BCUT2D eigenvalue weighted by Crippen LogP contribution is -2.56. The van der Waals surface area contributed by atoms with Gasteiger partial charge in [0.15, 0.2) is 0 Å². The van der Waals surface area contributed by atoms with Crippen LogP contribution in [0.2, 0.25) is 0 Å². The Kier molecular flexibility index (Phi) is 5.13. The normalized spacial score (nSPS) is 15.5. The smallest absolute Gasteiger partial charge is 0.404 e. The number of carbonyl (C=O) groups is 1. The molecule has 1 aromatic heterocycles. The maximum atomic E-state index is 10.5. The topological polar surface area (TPSA) is 68.7 Å². The number of thiazole rings is 1. The van der Waals surface area contributed by atoms with Crippen LogP contribution in [0, 0.1) is 0 Å². The average Bonchev–Trinajstić information content (AvgIpc) is 2.97. The molecule has 1 aliphatic rings. The molecule has 1 saturated heterocycles. The Balaban J connectivity index is 1.56. The molecule has 2 N–H and O–H groups in total. The van der Waals surface area contributed by atoms with Crippen molar-refractivity contribution < 1.29 is 9.90 Å². The molecule has 24 heavy (non-hydrogen) atoms. The van der Waals surface area contributed by atoms with Crippen LogP contribution in [0.3, 0.4) is 0 Å². The molecule has 0 unspecified atom stereocenters. The van der Waals surface area contributed by atoms with Crippen molar-refractivity contribution in [1.82, 2.24) is 20.1 Å². The molecule has 128 valence electrons. The molecule has 7 heteroatoms. The van der Waals surface area contributed by atoms with Gasteiger partial charge in [-0.25, -0.2) is 9.78 Å². The van der Waals surface area contributed by atoms with Gasteiger partial charge in [0.05, 0.1) is 6.54 Å². The van der Waals surface area contributed by atoms with E-state index >= 15 is 0 Å². The summed E-state index contributed by atoms with van der Waals surface area (Å²) in [5.41, 5.74) is 2.38. The summed E-state index contributed by atoms with van der Waals surface area (Å²) in [5, 5.41) is 11.9. The van der Waals surface area contributed by atoms with Crippen LogP contribution >= 0.6 is 11.3 Å². The molecular formula is C17H22N4O2S. The van der Waals surface area contributed by atoms with Crippen molar-refractivity contribution in [1.29, 1.82) is 0 Å². The van der Waals surface area contributed by atoms with Gasteiger partial charge in [0.2, 0.25) is 0 Å². The number of nitrogens with zero attached hydrogens (tertiary/aromatic N) is 3. The van der Waals surface area contributed by atoms with Crippen LogP contribution in [0.25, 0.3) is 10.6 Å². The first-order valence-corrected chi connectivity index (χ1v) is 8.72. The fourth-order valence-electron chi connectivity index (χ4n) is 2.69. The summed E-state index contributed by atoms with van der Waals surface area (Å²) in [4.78, 5) is 20.5. The highest BCUT2D eigenvalue weighted by molar-refractivity contribution is 7.15. The average molecular weight is 346 g/mol. The van der Waals surface area contributed by atoms with E-state index in [0.29, 0.717) is 12.6 Å². The monoisotopic (exact) mass is 346 g/mol. The molecule has 2 heterocycles. The van der Waals surface area contributed by atoms with Crippen LogP contribution in [0.15, 0.2) is 30.5 Å². The molecule has 0 spiro atoms. The first kappa shape index (κ1) is 16.9. The molecular weight excluding hydrogens is 324 g/mol. The number of likely N-dealkylation sites (N-methyl/N-ethyl adjacent to an activating group) is 1. The number of hydrogen-bond donors (Lipinski definition) is 2. The second kappa shape index (κ2) is 7.29. The summed E-state index contributed by atoms with van der Waals surface area (Å²) in [5.74, 6) is 0. The molecule has 3 rings (SSSR count). The van der Waals surface area contributed by atoms with Crippen LogP contribution in [0.1, 0.15) is 10.4 Å². The predicted molar refractivity (Wildman–Crippen MR) is 95.2 cm³/mol. The molecule has 2 aromatic rings. The molecule has 0 bridgehead atoms. The Hall–Kier alpha value is -1.96. The highest BCUT2D eigenvalue weighted by Gasteiger charge is 2.27. The van der Waals surface area contributed by atoms with E-state index in [9.17, 15) is 4.79 Å². The van der Waals surface area contributed by atoms with Gasteiger partial charge in [0.25, 0.3) is 0 Å². The van der Waals surface area contributed by atoms with Crippen molar-refractivity contribution in [2.45, 2.75) is 19.1 Å². The second-order valence-corrected chi connectivity index (χ2v) is 7.41. The van der Waals surface area contributed by atoms with Crippen molar-refractivity contribution in [2.24, 2.45) is 0 Å². The molecule has 0 radical (unpaired) electrons. The largest absolute Gasteiger partial charge is 0.465 e. The van der Waals surface area contributed by atoms with E-state index in [4.69, 9.17) is 5.11 Å². The van der Waals surface area contributed by atoms with E-state index in [2.05, 4.69) is 58.5 Å². The summed E-state index contributed by atoms with van der Waals surface area (Å²) >= 11 is 1.51. The third-order valence-electron chi connectivity index (χ3n) is 4.24. The van der Waals surface area contributed by atoms with Gasteiger partial charge in [-0.3, -0.25) is 4.90 Å². The first-order chi connectivity index (χ1) is 11.5. The number of rotatable bonds is 6. The minimum atomic E-state index is -1.02. The second-order valence-electron chi connectivity index (χ2n) is 6.30. The highest BCUT2D eigenvalue weighted by atomic mass is 32.1. The minimum absolute atomic E-state index is 0.299. The van der Waals surface area contributed by atoms with Gasteiger partial charge in [-0.15, -0.1) is 11.3 Å². The zero-order valence-corrected chi connectivity index (χ0v) is 14.7. The lowest BCUT2D eigenvalue weighted by Gasteiger charge is -2.42. The number of aromatic nitrogens is 1. The Labute approximate surface area is 145 Å². The van der Waals surface area contributed by atoms with Gasteiger partial charge in [-0.1, -0.05) is 24.3 Å². The Bertz CT molecular complexity index is 693. The van der Waals surface area contributed by atoms with Crippen molar-refractivity contribution in [3.05, 3.63) is 40.9 Å². The Morgan fingerprint density at radius 2 is 2.08 bits per heavy atom. The van der Waals surface area contributed by atoms with Crippen LogP contribution in [-0.4, -0.2) is 59.2 Å². The first-order valence-electron chi connectivity index (χ1n) is 7.91. The Morgan fingerprint density at radius 3 is 2.71 bits per heavy atom. The van der Waals surface area contributed by atoms with Crippen LogP contribution in [0.4, 0.5) is 4.79 Å². The van der Waals surface area contributed by atoms with Crippen LogP contribution in [0.5, 0.6) is 0 Å². The molecule has 1 aliphatic heterocycles. The van der Waals surface area contributed by atoms with Crippen molar-refractivity contribution in [2.75, 3.05) is 27.2 Å². The van der Waals surface area contributed by atoms with Gasteiger partial charge in [0.1, 0.15) is 5.01 Å². The summed E-state index contributed by atoms with van der Waals surface area (Å²) in [6.45, 7) is 3.53. The van der Waals surface area contributed by atoms with Crippen LogP contribution < -0.4 is 5.32 Å². The lowest BCUT2D eigenvalue weighted by molar-refractivity contribution is 0.0574. The van der Waals surface area contributed by atoms with E-state index in [1.165, 1.54) is 16.9 Å². The maximum Gasteiger partial charge on any atom is 0.404 e. The predicted octanol–water partition coefficient (Wildman–Crippen LogP) is 2.32. The number of benzene rings is 1. The molecule has 1 amide bonds. The van der Waals surface area contributed by atoms with E-state index in [1.54, 1.807) is 6.20 Å². The number of nitrogens with one attached hydrogen (secondary N) is 1. The SMILES string of the molecule is CN(C)C1CN(Cc2ccc(-c3ncc(CNC(=O)O)s3)cc2)C1. The van der Waals surface area contributed by atoms with E-state index in [0.717, 1.165) is 35.1 Å². The van der Waals surface area contributed by atoms with E-state index < -0.39 is 6.09 Å². The molecule has 6 nitrogen and oxygen atoms in total. The number of carboxylic acid groups (broad SMARTS) is 1. The Morgan fingerprint density at radius 1 is 1.38 bits per heavy atom. The summed E-state index contributed by atoms with van der Waals surface area (Å²) in [6.07, 6.45) is 0.711. The van der Waals surface area contributed by atoms with Gasteiger partial charge in [-0.2, -0.15) is 0 Å². The molecule has 0 saturated carbocycles. The minimum Gasteiger partial charge on any atom is -0.465 e. The molecule has 1 aromatic carbocycles. The fraction of sp³-hybridized carbons (Fsp3) is 0.412. The van der Waals surface area contributed by atoms with Crippen molar-refractivity contribution in [3.63, 3.8) is 0 Å².